The summed E-state index contributed by atoms with van der Waals surface area (Å²) in [5.41, 5.74) is 2.58. The highest BCUT2D eigenvalue weighted by molar-refractivity contribution is 5.85. The molecule has 0 aliphatic heterocycles. The molecule has 0 aliphatic carbocycles. The van der Waals surface area contributed by atoms with Crippen molar-refractivity contribution in [1.82, 2.24) is 4.90 Å². The zero-order chi connectivity index (χ0) is 14.9. The molecule has 0 aromatic heterocycles. The van der Waals surface area contributed by atoms with Crippen LogP contribution in [0.15, 0.2) is 54.6 Å². The number of rotatable bonds is 8. The van der Waals surface area contributed by atoms with Crippen LogP contribution >= 0.6 is 12.4 Å². The maximum absolute atomic E-state index is 5.97. The highest BCUT2D eigenvalue weighted by Crippen LogP contribution is 2.21. The Balaban J connectivity index is 0.00000242. The van der Waals surface area contributed by atoms with Crippen molar-refractivity contribution in [1.29, 1.82) is 0 Å². The second-order valence-corrected chi connectivity index (χ2v) is 5.63. The van der Waals surface area contributed by atoms with E-state index in [4.69, 9.17) is 4.74 Å². The van der Waals surface area contributed by atoms with Gasteiger partial charge in [-0.25, -0.2) is 0 Å². The highest BCUT2D eigenvalue weighted by Gasteiger charge is 2.04. The Hall–Kier alpha value is -1.51. The molecule has 2 aromatic rings. The Kier molecular flexibility index (Phi) is 8.64. The molecule has 0 atom stereocenters. The quantitative estimate of drug-likeness (QED) is 0.668. The van der Waals surface area contributed by atoms with Gasteiger partial charge >= 0.3 is 0 Å². The lowest BCUT2D eigenvalue weighted by Gasteiger charge is -2.13. The highest BCUT2D eigenvalue weighted by atomic mass is 35.5. The number of benzene rings is 2. The van der Waals surface area contributed by atoms with Crippen LogP contribution in [0.25, 0.3) is 0 Å². The summed E-state index contributed by atoms with van der Waals surface area (Å²) >= 11 is 0. The van der Waals surface area contributed by atoms with Gasteiger partial charge in [-0.3, -0.25) is 0 Å². The number of hydrogen-bond acceptors (Lipinski definition) is 2. The van der Waals surface area contributed by atoms with E-state index >= 15 is 0 Å². The van der Waals surface area contributed by atoms with Gasteiger partial charge in [-0.05, 0) is 50.7 Å². The van der Waals surface area contributed by atoms with Crippen LogP contribution in [0.1, 0.15) is 24.0 Å². The molecule has 0 saturated heterocycles. The standard InChI is InChI=1S/C19H25NO.ClH/c1-20(2)14-8-9-15-21-19-13-7-6-12-18(19)16-17-10-4-3-5-11-17;/h3-7,10-13H,8-9,14-16H2,1-2H3;1H. The molecule has 2 aromatic carbocycles. The van der Waals surface area contributed by atoms with Gasteiger partial charge in [0, 0.05) is 6.42 Å². The van der Waals surface area contributed by atoms with E-state index in [-0.39, 0.29) is 12.4 Å². The molecule has 120 valence electrons. The first-order valence-electron chi connectivity index (χ1n) is 7.65. The zero-order valence-electron chi connectivity index (χ0n) is 13.5. The maximum Gasteiger partial charge on any atom is 0.122 e. The van der Waals surface area contributed by atoms with Crippen molar-refractivity contribution in [2.24, 2.45) is 0 Å². The van der Waals surface area contributed by atoms with Gasteiger partial charge in [0.1, 0.15) is 5.75 Å². The SMILES string of the molecule is CN(C)CCCCOc1ccccc1Cc1ccccc1.Cl. The van der Waals surface area contributed by atoms with Crippen LogP contribution in [0.3, 0.4) is 0 Å². The van der Waals surface area contributed by atoms with Crippen LogP contribution in [0, 0.1) is 0 Å². The van der Waals surface area contributed by atoms with E-state index in [9.17, 15) is 0 Å². The van der Waals surface area contributed by atoms with Crippen LogP contribution < -0.4 is 4.74 Å². The predicted molar refractivity (Wildman–Crippen MR) is 96.2 cm³/mol. The molecule has 22 heavy (non-hydrogen) atoms. The van der Waals surface area contributed by atoms with Crippen molar-refractivity contribution in [2.45, 2.75) is 19.3 Å². The first-order chi connectivity index (χ1) is 10.3. The molecule has 0 saturated carbocycles. The third-order valence-electron chi connectivity index (χ3n) is 3.47. The van der Waals surface area contributed by atoms with Gasteiger partial charge < -0.3 is 9.64 Å². The second kappa shape index (κ2) is 10.3. The van der Waals surface area contributed by atoms with Gasteiger partial charge in [-0.1, -0.05) is 48.5 Å². The topological polar surface area (TPSA) is 12.5 Å². The van der Waals surface area contributed by atoms with E-state index in [2.05, 4.69) is 67.5 Å². The largest absolute Gasteiger partial charge is 0.493 e. The fourth-order valence-corrected chi connectivity index (χ4v) is 2.32. The summed E-state index contributed by atoms with van der Waals surface area (Å²) in [5, 5.41) is 0. The smallest absolute Gasteiger partial charge is 0.122 e. The predicted octanol–water partition coefficient (Wildman–Crippen LogP) is 4.42. The Labute approximate surface area is 140 Å². The average molecular weight is 320 g/mol. The number of ether oxygens (including phenoxy) is 1. The number of nitrogens with zero attached hydrogens (tertiary/aromatic N) is 1. The molecule has 0 unspecified atom stereocenters. The Morgan fingerprint density at radius 1 is 0.864 bits per heavy atom. The lowest BCUT2D eigenvalue weighted by Crippen LogP contribution is -2.13. The van der Waals surface area contributed by atoms with E-state index in [1.165, 1.54) is 17.5 Å². The minimum absolute atomic E-state index is 0. The van der Waals surface area contributed by atoms with Gasteiger partial charge in [0.25, 0.3) is 0 Å². The van der Waals surface area contributed by atoms with Gasteiger partial charge in [-0.2, -0.15) is 0 Å². The number of halogens is 1. The molecule has 0 N–H and O–H groups in total. The lowest BCUT2D eigenvalue weighted by molar-refractivity contribution is 0.291. The van der Waals surface area contributed by atoms with E-state index in [1.807, 2.05) is 6.07 Å². The summed E-state index contributed by atoms with van der Waals surface area (Å²) in [5.74, 6) is 1.02. The Morgan fingerprint density at radius 3 is 2.27 bits per heavy atom. The van der Waals surface area contributed by atoms with E-state index in [0.29, 0.717) is 0 Å². The van der Waals surface area contributed by atoms with Crippen molar-refractivity contribution in [3.63, 3.8) is 0 Å². The fourth-order valence-electron chi connectivity index (χ4n) is 2.32. The maximum atomic E-state index is 5.97. The van der Waals surface area contributed by atoms with Crippen molar-refractivity contribution in [3.8, 4) is 5.75 Å². The molecule has 0 aliphatic rings. The molecule has 0 spiro atoms. The molecular weight excluding hydrogens is 294 g/mol. The van der Waals surface area contributed by atoms with Gasteiger partial charge in [0.05, 0.1) is 6.61 Å². The summed E-state index contributed by atoms with van der Waals surface area (Å²) in [4.78, 5) is 2.21. The molecule has 0 fully saturated rings. The van der Waals surface area contributed by atoms with Crippen LogP contribution in [0.5, 0.6) is 5.75 Å². The molecule has 0 heterocycles. The van der Waals surface area contributed by atoms with E-state index < -0.39 is 0 Å². The number of unbranched alkanes of at least 4 members (excludes halogenated alkanes) is 1. The summed E-state index contributed by atoms with van der Waals surface area (Å²) in [6.45, 7) is 1.91. The zero-order valence-corrected chi connectivity index (χ0v) is 14.3. The second-order valence-electron chi connectivity index (χ2n) is 5.63. The van der Waals surface area contributed by atoms with Crippen LogP contribution in [0.4, 0.5) is 0 Å². The third-order valence-corrected chi connectivity index (χ3v) is 3.47. The van der Waals surface area contributed by atoms with Crippen LogP contribution in [-0.4, -0.2) is 32.1 Å². The van der Waals surface area contributed by atoms with Crippen molar-refractivity contribution in [2.75, 3.05) is 27.2 Å². The Morgan fingerprint density at radius 2 is 1.55 bits per heavy atom. The molecule has 0 amide bonds. The third kappa shape index (κ3) is 6.50. The summed E-state index contributed by atoms with van der Waals surface area (Å²) in [7, 11) is 4.21. The van der Waals surface area contributed by atoms with Gasteiger partial charge in [0.2, 0.25) is 0 Å². The van der Waals surface area contributed by atoms with E-state index in [1.54, 1.807) is 0 Å². The number of para-hydroxylation sites is 1. The minimum atomic E-state index is 0. The van der Waals surface area contributed by atoms with Crippen LogP contribution in [-0.2, 0) is 6.42 Å². The summed E-state index contributed by atoms with van der Waals surface area (Å²) in [6, 6.07) is 18.9. The minimum Gasteiger partial charge on any atom is -0.493 e. The first kappa shape index (κ1) is 18.5. The fraction of sp³-hybridized carbons (Fsp3) is 0.368. The van der Waals surface area contributed by atoms with Gasteiger partial charge in [-0.15, -0.1) is 12.4 Å². The monoisotopic (exact) mass is 319 g/mol. The van der Waals surface area contributed by atoms with Crippen molar-refractivity contribution in [3.05, 3.63) is 65.7 Å². The van der Waals surface area contributed by atoms with E-state index in [0.717, 1.165) is 31.7 Å². The normalized spacial score (nSPS) is 10.3. The van der Waals surface area contributed by atoms with Crippen molar-refractivity contribution < 1.29 is 4.74 Å². The first-order valence-corrected chi connectivity index (χ1v) is 7.65. The molecule has 3 heteroatoms. The molecule has 0 radical (unpaired) electrons. The summed E-state index contributed by atoms with van der Waals surface area (Å²) in [6.07, 6.45) is 3.19. The van der Waals surface area contributed by atoms with Gasteiger partial charge in [0.15, 0.2) is 0 Å². The number of hydrogen-bond donors (Lipinski definition) is 0. The Bertz CT molecular complexity index is 528. The lowest BCUT2D eigenvalue weighted by atomic mass is 10.0. The molecular formula is C19H26ClNO. The molecule has 2 rings (SSSR count). The van der Waals surface area contributed by atoms with Crippen LogP contribution in [0.2, 0.25) is 0 Å². The molecule has 0 bridgehead atoms. The average Bonchev–Trinajstić information content (AvgIpc) is 2.49. The molecule has 2 nitrogen and oxygen atoms in total. The van der Waals surface area contributed by atoms with Crippen molar-refractivity contribution >= 4 is 12.4 Å². The summed E-state index contributed by atoms with van der Waals surface area (Å²) < 4.78 is 5.97.